The third kappa shape index (κ3) is 4.12. The maximum atomic E-state index is 12.3. The first kappa shape index (κ1) is 16.7. The monoisotopic (exact) mass is 264 g/mol. The Morgan fingerprint density at radius 1 is 1.41 bits per heavy atom. The molecule has 0 bridgehead atoms. The van der Waals surface area contributed by atoms with Crippen molar-refractivity contribution in [2.24, 2.45) is 0 Å². The Morgan fingerprint density at radius 3 is 2.47 bits per heavy atom. The van der Waals surface area contributed by atoms with Gasteiger partial charge >= 0.3 is 0 Å². The lowest BCUT2D eigenvalue weighted by Gasteiger charge is -2.37. The van der Waals surface area contributed by atoms with Gasteiger partial charge in [-0.25, -0.2) is 0 Å². The van der Waals surface area contributed by atoms with Gasteiger partial charge in [-0.1, -0.05) is 13.3 Å². The summed E-state index contributed by atoms with van der Waals surface area (Å²) in [5.41, 5.74) is -0.576. The molecule has 0 aromatic rings. The fourth-order valence-electron chi connectivity index (χ4n) is 2.18. The van der Waals surface area contributed by atoms with Gasteiger partial charge in [0.2, 0.25) is 0 Å². The number of unbranched alkanes of at least 4 members (excludes halogenated alkanes) is 1. The van der Waals surface area contributed by atoms with Crippen LogP contribution in [0.25, 0.3) is 0 Å². The summed E-state index contributed by atoms with van der Waals surface area (Å²) in [6, 6.07) is 0. The van der Waals surface area contributed by atoms with Crippen LogP contribution < -0.4 is 5.32 Å². The molecule has 5 heteroatoms. The van der Waals surface area contributed by atoms with Crippen molar-refractivity contribution < 1.29 is 9.53 Å². The lowest BCUT2D eigenvalue weighted by atomic mass is 9.90. The minimum atomic E-state index is -0.576. The normalized spacial score (nSPS) is 18.3. The van der Waals surface area contributed by atoms with E-state index in [0.717, 1.165) is 45.3 Å². The summed E-state index contributed by atoms with van der Waals surface area (Å²) in [5, 5.41) is 3.26. The number of likely N-dealkylation sites (N-methyl/N-ethyl adjacent to an activating group) is 1. The van der Waals surface area contributed by atoms with E-state index in [1.54, 1.807) is 7.11 Å². The van der Waals surface area contributed by atoms with Gasteiger partial charge in [0.05, 0.1) is 0 Å². The van der Waals surface area contributed by atoms with E-state index in [4.69, 9.17) is 4.74 Å². The molecule has 1 fully saturated rings. The van der Waals surface area contributed by atoms with Crippen LogP contribution in [0.1, 0.15) is 32.6 Å². The molecule has 1 N–H and O–H groups in total. The number of carbonyl (C=O) groups is 1. The number of ether oxygens (including phenoxy) is 1. The Balaban J connectivity index is 0.00000256. The second-order valence-electron chi connectivity index (χ2n) is 4.53. The van der Waals surface area contributed by atoms with Gasteiger partial charge in [-0.15, -0.1) is 12.4 Å². The summed E-state index contributed by atoms with van der Waals surface area (Å²) < 4.78 is 5.51. The van der Waals surface area contributed by atoms with Gasteiger partial charge in [0.1, 0.15) is 5.60 Å². The molecule has 0 aromatic carbocycles. The zero-order chi connectivity index (χ0) is 12.0. The van der Waals surface area contributed by atoms with Crippen molar-refractivity contribution >= 4 is 18.3 Å². The maximum Gasteiger partial charge on any atom is 0.254 e. The van der Waals surface area contributed by atoms with Gasteiger partial charge in [0.15, 0.2) is 0 Å². The molecule has 1 rings (SSSR count). The number of piperidine rings is 1. The minimum absolute atomic E-state index is 0. The van der Waals surface area contributed by atoms with Crippen LogP contribution in [0.15, 0.2) is 0 Å². The van der Waals surface area contributed by atoms with Crippen LogP contribution in [-0.4, -0.2) is 50.2 Å². The number of nitrogens with zero attached hydrogens (tertiary/aromatic N) is 1. The highest BCUT2D eigenvalue weighted by Gasteiger charge is 2.41. The fourth-order valence-corrected chi connectivity index (χ4v) is 2.18. The van der Waals surface area contributed by atoms with Gasteiger partial charge in [0.25, 0.3) is 5.91 Å². The van der Waals surface area contributed by atoms with E-state index in [1.807, 2.05) is 11.9 Å². The van der Waals surface area contributed by atoms with Gasteiger partial charge in [-0.3, -0.25) is 4.79 Å². The molecule has 1 saturated heterocycles. The van der Waals surface area contributed by atoms with E-state index in [2.05, 4.69) is 12.2 Å². The number of halogens is 1. The highest BCUT2D eigenvalue weighted by molar-refractivity contribution is 5.85. The molecule has 0 aliphatic carbocycles. The summed E-state index contributed by atoms with van der Waals surface area (Å²) in [4.78, 5) is 14.1. The van der Waals surface area contributed by atoms with Crippen LogP contribution in [0.3, 0.4) is 0 Å². The Labute approximate surface area is 110 Å². The number of nitrogens with one attached hydrogen (secondary N) is 1. The minimum Gasteiger partial charge on any atom is -0.368 e. The largest absolute Gasteiger partial charge is 0.368 e. The zero-order valence-corrected chi connectivity index (χ0v) is 11.9. The van der Waals surface area contributed by atoms with Crippen LogP contribution >= 0.6 is 12.4 Å². The fraction of sp³-hybridized carbons (Fsp3) is 0.917. The number of carbonyl (C=O) groups excluding carboxylic acids is 1. The lowest BCUT2D eigenvalue weighted by Crippen LogP contribution is -2.54. The van der Waals surface area contributed by atoms with Crippen LogP contribution in [0, 0.1) is 0 Å². The first-order valence-electron chi connectivity index (χ1n) is 6.17. The van der Waals surface area contributed by atoms with Crippen LogP contribution in [0.2, 0.25) is 0 Å². The summed E-state index contributed by atoms with van der Waals surface area (Å²) in [6.07, 6.45) is 3.72. The van der Waals surface area contributed by atoms with E-state index < -0.39 is 5.60 Å². The molecule has 1 heterocycles. The van der Waals surface area contributed by atoms with E-state index in [-0.39, 0.29) is 18.3 Å². The molecule has 102 valence electrons. The van der Waals surface area contributed by atoms with Gasteiger partial charge < -0.3 is 15.0 Å². The van der Waals surface area contributed by atoms with Crippen molar-refractivity contribution in [2.75, 3.05) is 33.8 Å². The first-order chi connectivity index (χ1) is 7.66. The van der Waals surface area contributed by atoms with Gasteiger partial charge in [0, 0.05) is 20.7 Å². The van der Waals surface area contributed by atoms with Crippen molar-refractivity contribution in [2.45, 2.75) is 38.2 Å². The molecule has 0 aromatic heterocycles. The van der Waals surface area contributed by atoms with Crippen molar-refractivity contribution in [3.05, 3.63) is 0 Å². The molecular formula is C12H25ClN2O2. The Hall–Kier alpha value is -0.320. The second kappa shape index (κ2) is 7.90. The van der Waals surface area contributed by atoms with Crippen molar-refractivity contribution in [3.8, 4) is 0 Å². The summed E-state index contributed by atoms with van der Waals surface area (Å²) in [5.74, 6) is 0.143. The lowest BCUT2D eigenvalue weighted by molar-refractivity contribution is -0.157. The SMILES string of the molecule is CCCCN(C)C(=O)C1(OC)CCNCC1.Cl. The van der Waals surface area contributed by atoms with Crippen LogP contribution in [-0.2, 0) is 9.53 Å². The van der Waals surface area contributed by atoms with Crippen molar-refractivity contribution in [1.29, 1.82) is 0 Å². The predicted octanol–water partition coefficient (Wildman–Crippen LogP) is 1.44. The number of rotatable bonds is 5. The number of hydrogen-bond donors (Lipinski definition) is 1. The summed E-state index contributed by atoms with van der Waals surface area (Å²) in [7, 11) is 3.53. The molecule has 0 atom stereocenters. The number of amides is 1. The second-order valence-corrected chi connectivity index (χ2v) is 4.53. The van der Waals surface area contributed by atoms with Crippen molar-refractivity contribution in [3.63, 3.8) is 0 Å². The van der Waals surface area contributed by atoms with E-state index in [9.17, 15) is 4.79 Å². The summed E-state index contributed by atoms with van der Waals surface area (Å²) in [6.45, 7) is 4.69. The summed E-state index contributed by atoms with van der Waals surface area (Å²) >= 11 is 0. The average Bonchev–Trinajstić information content (AvgIpc) is 2.35. The quantitative estimate of drug-likeness (QED) is 0.817. The molecular weight excluding hydrogens is 240 g/mol. The molecule has 0 unspecified atom stereocenters. The predicted molar refractivity (Wildman–Crippen MR) is 71.6 cm³/mol. The van der Waals surface area contributed by atoms with E-state index >= 15 is 0 Å². The topological polar surface area (TPSA) is 41.6 Å². The molecule has 17 heavy (non-hydrogen) atoms. The third-order valence-electron chi connectivity index (χ3n) is 3.39. The molecule has 0 radical (unpaired) electrons. The molecule has 1 aliphatic heterocycles. The molecule has 1 aliphatic rings. The Bertz CT molecular complexity index is 231. The number of hydrogen-bond acceptors (Lipinski definition) is 3. The third-order valence-corrected chi connectivity index (χ3v) is 3.39. The standard InChI is InChI=1S/C12H24N2O2.ClH/c1-4-5-10-14(2)11(15)12(16-3)6-8-13-9-7-12;/h13H,4-10H2,1-3H3;1H. The Morgan fingerprint density at radius 2 is 2.00 bits per heavy atom. The van der Waals surface area contributed by atoms with Crippen LogP contribution in [0.4, 0.5) is 0 Å². The highest BCUT2D eigenvalue weighted by atomic mass is 35.5. The van der Waals surface area contributed by atoms with E-state index in [1.165, 1.54) is 0 Å². The van der Waals surface area contributed by atoms with Gasteiger partial charge in [-0.05, 0) is 32.4 Å². The molecule has 0 spiro atoms. The number of methoxy groups -OCH3 is 1. The first-order valence-corrected chi connectivity index (χ1v) is 6.17. The van der Waals surface area contributed by atoms with E-state index in [0.29, 0.717) is 0 Å². The highest BCUT2D eigenvalue weighted by Crippen LogP contribution is 2.24. The molecule has 1 amide bonds. The molecule has 0 saturated carbocycles. The maximum absolute atomic E-state index is 12.3. The smallest absolute Gasteiger partial charge is 0.254 e. The Kier molecular flexibility index (Phi) is 7.75. The molecule has 4 nitrogen and oxygen atoms in total. The average molecular weight is 265 g/mol. The van der Waals surface area contributed by atoms with Crippen LogP contribution in [0.5, 0.6) is 0 Å². The van der Waals surface area contributed by atoms with Crippen molar-refractivity contribution in [1.82, 2.24) is 10.2 Å². The van der Waals surface area contributed by atoms with Gasteiger partial charge in [-0.2, -0.15) is 0 Å². The zero-order valence-electron chi connectivity index (χ0n) is 11.1.